The Balaban J connectivity index is 1.23. The average Bonchev–Trinajstić information content (AvgIpc) is 3.31. The van der Waals surface area contributed by atoms with Crippen LogP contribution in [0, 0.1) is 13.8 Å². The number of rotatable bonds is 7. The van der Waals surface area contributed by atoms with Gasteiger partial charge in [0.25, 0.3) is 0 Å². The molecule has 0 saturated carbocycles. The number of benzene rings is 3. The van der Waals surface area contributed by atoms with Crippen LogP contribution in [0.4, 0.5) is 10.5 Å². The third kappa shape index (κ3) is 6.45. The Morgan fingerprint density at radius 3 is 2.27 bits per heavy atom. The standard InChI is InChI=1S/C37H39N5O3/c1-25-33(41-21-11-20-40(36(41)44)23-27-12-7-6-8-13-27)22-32-34(38-25)42(26(2)39-32)24-28-16-18-29(19-17-28)30-14-9-10-15-31(30)35(43)45-37(3,4)5/h6-10,12-19,22H,11,20-21,23-24H2,1-5H3. The fourth-order valence-corrected chi connectivity index (χ4v) is 5.88. The molecule has 1 aliphatic heterocycles. The molecule has 0 unspecified atom stereocenters. The summed E-state index contributed by atoms with van der Waals surface area (Å²) >= 11 is 0. The third-order valence-electron chi connectivity index (χ3n) is 8.05. The quantitative estimate of drug-likeness (QED) is 0.180. The van der Waals surface area contributed by atoms with E-state index in [0.717, 1.165) is 63.6 Å². The molecule has 0 aliphatic carbocycles. The molecule has 0 bridgehead atoms. The first kappa shape index (κ1) is 30.1. The van der Waals surface area contributed by atoms with Crippen LogP contribution in [0.3, 0.4) is 0 Å². The largest absolute Gasteiger partial charge is 0.456 e. The lowest BCUT2D eigenvalue weighted by atomic mass is 9.98. The minimum atomic E-state index is -0.571. The number of fused-ring (bicyclic) bond motifs is 1. The molecule has 8 nitrogen and oxygen atoms in total. The molecule has 1 saturated heterocycles. The number of carbonyl (C=O) groups is 2. The molecule has 0 N–H and O–H groups in total. The van der Waals surface area contributed by atoms with Gasteiger partial charge in [-0.05, 0) is 75.4 Å². The Morgan fingerprint density at radius 1 is 0.844 bits per heavy atom. The van der Waals surface area contributed by atoms with E-state index < -0.39 is 5.60 Å². The molecule has 0 atom stereocenters. The molecule has 6 rings (SSSR count). The number of esters is 1. The van der Waals surface area contributed by atoms with E-state index in [0.29, 0.717) is 25.2 Å². The van der Waals surface area contributed by atoms with Crippen molar-refractivity contribution in [3.05, 3.63) is 113 Å². The van der Waals surface area contributed by atoms with Crippen molar-refractivity contribution < 1.29 is 14.3 Å². The number of aromatic nitrogens is 3. The molecule has 5 aromatic rings. The van der Waals surface area contributed by atoms with Crippen molar-refractivity contribution in [3.8, 4) is 11.1 Å². The van der Waals surface area contributed by atoms with Crippen LogP contribution in [-0.4, -0.2) is 50.1 Å². The first-order valence-electron chi connectivity index (χ1n) is 15.4. The maximum atomic E-state index is 13.6. The van der Waals surface area contributed by atoms with Gasteiger partial charge in [0.15, 0.2) is 5.65 Å². The fraction of sp³-hybridized carbons (Fsp3) is 0.297. The highest BCUT2D eigenvalue weighted by Crippen LogP contribution is 2.30. The van der Waals surface area contributed by atoms with Crippen LogP contribution in [0.15, 0.2) is 84.9 Å². The number of anilines is 1. The van der Waals surface area contributed by atoms with Gasteiger partial charge in [-0.15, -0.1) is 0 Å². The normalized spacial score (nSPS) is 13.8. The Morgan fingerprint density at radius 2 is 1.53 bits per heavy atom. The number of imidazole rings is 1. The van der Waals surface area contributed by atoms with Gasteiger partial charge >= 0.3 is 12.0 Å². The van der Waals surface area contributed by atoms with Crippen LogP contribution in [0.1, 0.15) is 60.2 Å². The van der Waals surface area contributed by atoms with Gasteiger partial charge in [-0.25, -0.2) is 19.6 Å². The number of urea groups is 1. The van der Waals surface area contributed by atoms with Crippen molar-refractivity contribution >= 4 is 28.9 Å². The van der Waals surface area contributed by atoms with Crippen LogP contribution >= 0.6 is 0 Å². The highest BCUT2D eigenvalue weighted by molar-refractivity contribution is 5.97. The molecular formula is C37H39N5O3. The maximum Gasteiger partial charge on any atom is 0.339 e. The van der Waals surface area contributed by atoms with Gasteiger partial charge in [-0.3, -0.25) is 4.90 Å². The van der Waals surface area contributed by atoms with Gasteiger partial charge in [0.2, 0.25) is 0 Å². The Labute approximate surface area is 264 Å². The summed E-state index contributed by atoms with van der Waals surface area (Å²) in [7, 11) is 0. The maximum absolute atomic E-state index is 13.6. The molecule has 0 radical (unpaired) electrons. The minimum Gasteiger partial charge on any atom is -0.456 e. The first-order valence-corrected chi connectivity index (χ1v) is 15.4. The van der Waals surface area contributed by atoms with E-state index in [1.165, 1.54) is 0 Å². The van der Waals surface area contributed by atoms with Crippen LogP contribution in [0.25, 0.3) is 22.3 Å². The zero-order valence-electron chi connectivity index (χ0n) is 26.6. The van der Waals surface area contributed by atoms with Crippen molar-refractivity contribution in [2.75, 3.05) is 18.0 Å². The summed E-state index contributed by atoms with van der Waals surface area (Å²) in [6.45, 7) is 12.1. The van der Waals surface area contributed by atoms with E-state index in [4.69, 9.17) is 14.7 Å². The number of aryl methyl sites for hydroxylation is 2. The monoisotopic (exact) mass is 601 g/mol. The Bertz CT molecular complexity index is 1860. The predicted octanol–water partition coefficient (Wildman–Crippen LogP) is 7.55. The van der Waals surface area contributed by atoms with Crippen molar-refractivity contribution in [1.29, 1.82) is 0 Å². The molecule has 45 heavy (non-hydrogen) atoms. The number of pyridine rings is 1. The second-order valence-electron chi connectivity index (χ2n) is 12.6. The lowest BCUT2D eigenvalue weighted by Gasteiger charge is -2.36. The van der Waals surface area contributed by atoms with Crippen LogP contribution < -0.4 is 4.90 Å². The van der Waals surface area contributed by atoms with Gasteiger partial charge in [0.1, 0.15) is 16.9 Å². The predicted molar refractivity (Wildman–Crippen MR) is 177 cm³/mol. The van der Waals surface area contributed by atoms with E-state index in [9.17, 15) is 9.59 Å². The molecule has 8 heteroatoms. The van der Waals surface area contributed by atoms with Crippen LogP contribution in [0.5, 0.6) is 0 Å². The van der Waals surface area contributed by atoms with Crippen molar-refractivity contribution in [2.45, 2.75) is 59.7 Å². The second-order valence-corrected chi connectivity index (χ2v) is 12.6. The lowest BCUT2D eigenvalue weighted by Crippen LogP contribution is -2.49. The molecule has 230 valence electrons. The minimum absolute atomic E-state index is 0.00107. The lowest BCUT2D eigenvalue weighted by molar-refractivity contribution is 0.00704. The molecule has 2 amide bonds. The van der Waals surface area contributed by atoms with Crippen molar-refractivity contribution in [2.24, 2.45) is 0 Å². The number of amides is 2. The topological polar surface area (TPSA) is 80.6 Å². The number of hydrogen-bond acceptors (Lipinski definition) is 5. The highest BCUT2D eigenvalue weighted by atomic mass is 16.6. The van der Waals surface area contributed by atoms with Crippen LogP contribution in [-0.2, 0) is 17.8 Å². The first-order chi connectivity index (χ1) is 21.6. The van der Waals surface area contributed by atoms with Gasteiger partial charge < -0.3 is 14.2 Å². The van der Waals surface area contributed by atoms with Gasteiger partial charge in [-0.1, -0.05) is 72.8 Å². The Hall–Kier alpha value is -4.98. The van der Waals surface area contributed by atoms with Gasteiger partial charge in [-0.2, -0.15) is 0 Å². The fourth-order valence-electron chi connectivity index (χ4n) is 5.88. The van der Waals surface area contributed by atoms with Crippen LogP contribution in [0.2, 0.25) is 0 Å². The zero-order chi connectivity index (χ0) is 31.7. The van der Waals surface area contributed by atoms with E-state index >= 15 is 0 Å². The SMILES string of the molecule is Cc1nc2c(cc1N1CCCN(Cc3ccccc3)C1=O)nc(C)n2Cc1ccc(-c2ccccc2C(=O)OC(C)(C)C)cc1. The summed E-state index contributed by atoms with van der Waals surface area (Å²) in [6, 6.07) is 27.8. The van der Waals surface area contributed by atoms with E-state index in [1.54, 1.807) is 6.07 Å². The Kier molecular flexibility index (Phi) is 8.14. The van der Waals surface area contributed by atoms with Crippen molar-refractivity contribution in [1.82, 2.24) is 19.4 Å². The van der Waals surface area contributed by atoms with E-state index in [-0.39, 0.29) is 12.0 Å². The van der Waals surface area contributed by atoms with Gasteiger partial charge in [0.05, 0.1) is 23.5 Å². The molecule has 1 aliphatic rings. The van der Waals surface area contributed by atoms with Crippen molar-refractivity contribution in [3.63, 3.8) is 0 Å². The molecule has 1 fully saturated rings. The molecule has 3 heterocycles. The summed E-state index contributed by atoms with van der Waals surface area (Å²) in [5.41, 5.74) is 7.12. The number of ether oxygens (including phenoxy) is 1. The summed E-state index contributed by atoms with van der Waals surface area (Å²) in [5.74, 6) is 0.516. The zero-order valence-corrected chi connectivity index (χ0v) is 26.6. The second kappa shape index (κ2) is 12.2. The summed E-state index contributed by atoms with van der Waals surface area (Å²) < 4.78 is 7.75. The number of carbonyl (C=O) groups excluding carboxylic acids is 2. The molecule has 0 spiro atoms. The number of hydrogen-bond donors (Lipinski definition) is 0. The highest BCUT2D eigenvalue weighted by Gasteiger charge is 2.29. The smallest absolute Gasteiger partial charge is 0.339 e. The summed E-state index contributed by atoms with van der Waals surface area (Å²) in [6.07, 6.45) is 0.891. The number of nitrogens with zero attached hydrogens (tertiary/aromatic N) is 5. The molecular weight excluding hydrogens is 562 g/mol. The van der Waals surface area contributed by atoms with E-state index in [1.807, 2.05) is 99.0 Å². The summed E-state index contributed by atoms with van der Waals surface area (Å²) in [5, 5.41) is 0. The third-order valence-corrected chi connectivity index (χ3v) is 8.05. The summed E-state index contributed by atoms with van der Waals surface area (Å²) in [4.78, 5) is 40.0. The van der Waals surface area contributed by atoms with E-state index in [2.05, 4.69) is 28.8 Å². The molecule has 2 aromatic heterocycles. The average molecular weight is 602 g/mol. The van der Waals surface area contributed by atoms with Gasteiger partial charge in [0, 0.05) is 19.6 Å². The molecule has 3 aromatic carbocycles.